The summed E-state index contributed by atoms with van der Waals surface area (Å²) in [4.78, 5) is 19.7. The predicted octanol–water partition coefficient (Wildman–Crippen LogP) is 11.1. The van der Waals surface area contributed by atoms with E-state index in [1.54, 1.807) is 0 Å². The first-order valence-electron chi connectivity index (χ1n) is 16.1. The maximum Gasteiger partial charge on any atom is 0.164 e. The Bertz CT molecular complexity index is 2560. The number of pyridine rings is 1. The summed E-state index contributed by atoms with van der Waals surface area (Å²) in [6.45, 7) is 0. The number of fused-ring (bicyclic) bond motifs is 4. The van der Waals surface area contributed by atoms with Gasteiger partial charge in [0.25, 0.3) is 0 Å². The molecule has 0 aliphatic heterocycles. The second kappa shape index (κ2) is 11.7. The first kappa shape index (κ1) is 27.8. The molecule has 224 valence electrons. The normalized spacial score (nSPS) is 11.3. The van der Waals surface area contributed by atoms with Gasteiger partial charge >= 0.3 is 0 Å². The topological polar surface area (TPSA) is 51.6 Å². The van der Waals surface area contributed by atoms with Crippen LogP contribution in [0.25, 0.3) is 88.9 Å². The second-order valence-corrected chi connectivity index (χ2v) is 11.9. The van der Waals surface area contributed by atoms with Gasteiger partial charge in [0.15, 0.2) is 17.5 Å². The van der Waals surface area contributed by atoms with Crippen LogP contribution < -0.4 is 0 Å². The van der Waals surface area contributed by atoms with Crippen molar-refractivity contribution in [2.24, 2.45) is 0 Å². The summed E-state index contributed by atoms with van der Waals surface area (Å²) in [6.07, 6.45) is 1.87. The second-order valence-electron chi connectivity index (χ2n) is 11.9. The van der Waals surface area contributed by atoms with Gasteiger partial charge in [-0.3, -0.25) is 4.98 Å². The van der Waals surface area contributed by atoms with Crippen LogP contribution in [0.15, 0.2) is 170 Å². The highest BCUT2D eigenvalue weighted by Gasteiger charge is 2.16. The number of hydrogen-bond acceptors (Lipinski definition) is 4. The molecule has 0 radical (unpaired) electrons. The summed E-state index contributed by atoms with van der Waals surface area (Å²) >= 11 is 0. The van der Waals surface area contributed by atoms with Gasteiger partial charge in [0.1, 0.15) is 0 Å². The molecule has 0 saturated carbocycles. The highest BCUT2D eigenvalue weighted by molar-refractivity contribution is 6.11. The summed E-state index contributed by atoms with van der Waals surface area (Å²) in [5, 5.41) is 5.73. The smallest absolute Gasteiger partial charge is 0.164 e. The molecule has 0 bridgehead atoms. The Morgan fingerprint density at radius 1 is 0.312 bits per heavy atom. The van der Waals surface area contributed by atoms with Crippen molar-refractivity contribution in [3.8, 4) is 56.4 Å². The number of rotatable bonds is 5. The molecule has 2 heterocycles. The third kappa shape index (κ3) is 4.88. The van der Waals surface area contributed by atoms with E-state index in [0.29, 0.717) is 17.5 Å². The molecule has 9 aromatic rings. The van der Waals surface area contributed by atoms with Gasteiger partial charge in [-0.15, -0.1) is 0 Å². The lowest BCUT2D eigenvalue weighted by Gasteiger charge is -2.14. The fraction of sp³-hybridized carbons (Fsp3) is 0. The van der Waals surface area contributed by atoms with E-state index < -0.39 is 0 Å². The first-order valence-corrected chi connectivity index (χ1v) is 16.1. The zero-order valence-electron chi connectivity index (χ0n) is 26.0. The van der Waals surface area contributed by atoms with E-state index in [4.69, 9.17) is 19.9 Å². The molecule has 0 fully saturated rings. The average Bonchev–Trinajstić information content (AvgIpc) is 3.17. The summed E-state index contributed by atoms with van der Waals surface area (Å²) in [7, 11) is 0. The number of aromatic nitrogens is 4. The summed E-state index contributed by atoms with van der Waals surface area (Å²) in [5.41, 5.74) is 8.56. The SMILES string of the molecule is c1ccc(-c2nc(-c3ccccc3)nc(-c3ccc(-c4cccc(-c5cccc6c5ccc5cccnc56)c4)c4ccccc34)n2)cc1. The lowest BCUT2D eigenvalue weighted by atomic mass is 9.91. The van der Waals surface area contributed by atoms with Crippen molar-refractivity contribution in [2.75, 3.05) is 0 Å². The maximum absolute atomic E-state index is 5.03. The largest absolute Gasteiger partial charge is 0.256 e. The molecule has 0 spiro atoms. The predicted molar refractivity (Wildman–Crippen MR) is 197 cm³/mol. The van der Waals surface area contributed by atoms with Crippen molar-refractivity contribution in [3.05, 3.63) is 170 Å². The monoisotopic (exact) mass is 612 g/mol. The Morgan fingerprint density at radius 2 is 0.833 bits per heavy atom. The van der Waals surface area contributed by atoms with Crippen LogP contribution in [0.4, 0.5) is 0 Å². The van der Waals surface area contributed by atoms with E-state index in [2.05, 4.69) is 97.1 Å². The molecule has 2 aromatic heterocycles. The molecular formula is C44H28N4. The summed E-state index contributed by atoms with van der Waals surface area (Å²) < 4.78 is 0. The quantitative estimate of drug-likeness (QED) is 0.181. The Balaban J connectivity index is 1.19. The number of benzene rings is 7. The van der Waals surface area contributed by atoms with Gasteiger partial charge in [-0.2, -0.15) is 0 Å². The minimum atomic E-state index is 0.649. The van der Waals surface area contributed by atoms with Gasteiger partial charge in [-0.05, 0) is 56.6 Å². The van der Waals surface area contributed by atoms with Gasteiger partial charge in [-0.1, -0.05) is 146 Å². The third-order valence-electron chi connectivity index (χ3n) is 8.98. The van der Waals surface area contributed by atoms with Crippen LogP contribution in [0.5, 0.6) is 0 Å². The number of nitrogens with zero attached hydrogens (tertiary/aromatic N) is 4. The lowest BCUT2D eigenvalue weighted by Crippen LogP contribution is -2.00. The van der Waals surface area contributed by atoms with Crippen molar-refractivity contribution >= 4 is 32.4 Å². The van der Waals surface area contributed by atoms with E-state index in [1.165, 1.54) is 16.5 Å². The molecule has 7 aromatic carbocycles. The van der Waals surface area contributed by atoms with Gasteiger partial charge < -0.3 is 0 Å². The lowest BCUT2D eigenvalue weighted by molar-refractivity contribution is 1.08. The summed E-state index contributed by atoms with van der Waals surface area (Å²) in [6, 6.07) is 56.9. The van der Waals surface area contributed by atoms with E-state index in [9.17, 15) is 0 Å². The van der Waals surface area contributed by atoms with Crippen LogP contribution in [0.3, 0.4) is 0 Å². The molecule has 4 nitrogen and oxygen atoms in total. The Hall–Kier alpha value is -6.52. The fourth-order valence-electron chi connectivity index (χ4n) is 6.68. The minimum absolute atomic E-state index is 0.649. The minimum Gasteiger partial charge on any atom is -0.256 e. The standard InChI is InChI=1S/C44H28N4/c1-3-12-30(13-4-1)42-46-43(31-14-5-2-6-15-31)48-44(47-42)40-26-25-35(36-19-7-8-20-37(36)40)33-17-9-16-32(28-33)34-21-10-22-39-38(34)24-23-29-18-11-27-45-41(29)39/h1-28H. The van der Waals surface area contributed by atoms with Gasteiger partial charge in [0.05, 0.1) is 5.52 Å². The van der Waals surface area contributed by atoms with Crippen LogP contribution >= 0.6 is 0 Å². The molecule has 9 rings (SSSR count). The van der Waals surface area contributed by atoms with Crippen molar-refractivity contribution in [2.45, 2.75) is 0 Å². The molecule has 0 N–H and O–H groups in total. The van der Waals surface area contributed by atoms with Crippen molar-refractivity contribution < 1.29 is 0 Å². The van der Waals surface area contributed by atoms with Crippen molar-refractivity contribution in [3.63, 3.8) is 0 Å². The zero-order chi connectivity index (χ0) is 31.9. The number of hydrogen-bond donors (Lipinski definition) is 0. The van der Waals surface area contributed by atoms with E-state index in [1.807, 2.05) is 72.9 Å². The van der Waals surface area contributed by atoms with E-state index in [-0.39, 0.29) is 0 Å². The van der Waals surface area contributed by atoms with E-state index >= 15 is 0 Å². The molecule has 0 amide bonds. The average molecular weight is 613 g/mol. The van der Waals surface area contributed by atoms with Gasteiger partial charge in [0, 0.05) is 33.7 Å². The Labute approximate surface area is 278 Å². The molecular weight excluding hydrogens is 585 g/mol. The highest BCUT2D eigenvalue weighted by atomic mass is 15.0. The van der Waals surface area contributed by atoms with Crippen LogP contribution in [0.2, 0.25) is 0 Å². The molecule has 0 saturated heterocycles. The van der Waals surface area contributed by atoms with Crippen molar-refractivity contribution in [1.82, 2.24) is 19.9 Å². The van der Waals surface area contributed by atoms with Crippen LogP contribution in [0, 0.1) is 0 Å². The molecule has 0 aliphatic rings. The van der Waals surface area contributed by atoms with Crippen LogP contribution in [-0.4, -0.2) is 19.9 Å². The van der Waals surface area contributed by atoms with Crippen LogP contribution in [0.1, 0.15) is 0 Å². The maximum atomic E-state index is 5.03. The first-order chi connectivity index (χ1) is 23.8. The summed E-state index contributed by atoms with van der Waals surface area (Å²) in [5.74, 6) is 1.95. The third-order valence-corrected chi connectivity index (χ3v) is 8.98. The van der Waals surface area contributed by atoms with E-state index in [0.717, 1.165) is 54.9 Å². The molecule has 0 aliphatic carbocycles. The van der Waals surface area contributed by atoms with Crippen LogP contribution in [-0.2, 0) is 0 Å². The fourth-order valence-corrected chi connectivity index (χ4v) is 6.68. The molecule has 48 heavy (non-hydrogen) atoms. The zero-order valence-corrected chi connectivity index (χ0v) is 26.0. The van der Waals surface area contributed by atoms with Crippen molar-refractivity contribution in [1.29, 1.82) is 0 Å². The Morgan fingerprint density at radius 3 is 1.54 bits per heavy atom. The molecule has 4 heteroatoms. The van der Waals surface area contributed by atoms with Gasteiger partial charge in [-0.25, -0.2) is 15.0 Å². The highest BCUT2D eigenvalue weighted by Crippen LogP contribution is 2.38. The Kier molecular flexibility index (Phi) is 6.76. The van der Waals surface area contributed by atoms with Gasteiger partial charge in [0.2, 0.25) is 0 Å². The molecule has 0 atom stereocenters. The molecule has 0 unspecified atom stereocenters.